The van der Waals surface area contributed by atoms with Crippen molar-refractivity contribution in [1.82, 2.24) is 19.6 Å². The minimum atomic E-state index is -0.0281. The number of aromatic nitrogens is 2. The van der Waals surface area contributed by atoms with Gasteiger partial charge in [-0.1, -0.05) is 0 Å². The van der Waals surface area contributed by atoms with Crippen molar-refractivity contribution < 1.29 is 9.53 Å². The normalized spacial score (nSPS) is 16.7. The highest BCUT2D eigenvalue weighted by Gasteiger charge is 2.21. The van der Waals surface area contributed by atoms with Crippen LogP contribution in [0.3, 0.4) is 0 Å². The molecule has 1 N–H and O–H groups in total. The summed E-state index contributed by atoms with van der Waals surface area (Å²) in [5.74, 6) is -0.0281. The summed E-state index contributed by atoms with van der Waals surface area (Å²) < 4.78 is 6.96. The van der Waals surface area contributed by atoms with Crippen LogP contribution >= 0.6 is 0 Å². The summed E-state index contributed by atoms with van der Waals surface area (Å²) in [7, 11) is 1.74. The van der Waals surface area contributed by atoms with Gasteiger partial charge in [-0.25, -0.2) is 4.98 Å². The van der Waals surface area contributed by atoms with Crippen LogP contribution in [-0.4, -0.2) is 59.6 Å². The second-order valence-corrected chi connectivity index (χ2v) is 6.02. The van der Waals surface area contributed by atoms with E-state index in [0.29, 0.717) is 11.2 Å². The first-order valence-electron chi connectivity index (χ1n) is 8.22. The van der Waals surface area contributed by atoms with E-state index in [1.54, 1.807) is 13.3 Å². The molecule has 0 radical (unpaired) electrons. The van der Waals surface area contributed by atoms with Crippen LogP contribution in [0.4, 0.5) is 0 Å². The van der Waals surface area contributed by atoms with Crippen molar-refractivity contribution in [2.45, 2.75) is 25.3 Å². The maximum atomic E-state index is 12.5. The lowest BCUT2D eigenvalue weighted by atomic mass is 10.0. The van der Waals surface area contributed by atoms with Crippen molar-refractivity contribution in [3.8, 4) is 0 Å². The lowest BCUT2D eigenvalue weighted by Crippen LogP contribution is -2.45. The highest BCUT2D eigenvalue weighted by atomic mass is 16.5. The van der Waals surface area contributed by atoms with Crippen LogP contribution in [-0.2, 0) is 4.74 Å². The average molecular weight is 316 g/mol. The van der Waals surface area contributed by atoms with Gasteiger partial charge < -0.3 is 19.4 Å². The predicted molar refractivity (Wildman–Crippen MR) is 88.6 cm³/mol. The van der Waals surface area contributed by atoms with E-state index in [1.165, 1.54) is 0 Å². The molecule has 0 spiro atoms. The molecule has 1 aliphatic rings. The van der Waals surface area contributed by atoms with E-state index in [2.05, 4.69) is 15.2 Å². The molecule has 1 amide bonds. The Labute approximate surface area is 136 Å². The van der Waals surface area contributed by atoms with E-state index in [4.69, 9.17) is 4.74 Å². The van der Waals surface area contributed by atoms with Gasteiger partial charge in [-0.05, 0) is 31.4 Å². The van der Waals surface area contributed by atoms with E-state index in [-0.39, 0.29) is 11.9 Å². The number of fused-ring (bicyclic) bond motifs is 1. The van der Waals surface area contributed by atoms with Gasteiger partial charge >= 0.3 is 0 Å². The molecule has 6 nitrogen and oxygen atoms in total. The molecule has 2 aromatic rings. The lowest BCUT2D eigenvalue weighted by molar-refractivity contribution is 0.0908. The highest BCUT2D eigenvalue weighted by Crippen LogP contribution is 2.13. The van der Waals surface area contributed by atoms with Gasteiger partial charge in [0.15, 0.2) is 0 Å². The number of hydrogen-bond acceptors (Lipinski definition) is 4. The number of imidazole rings is 1. The molecule has 23 heavy (non-hydrogen) atoms. The fourth-order valence-corrected chi connectivity index (χ4v) is 3.12. The number of amides is 1. The fourth-order valence-electron chi connectivity index (χ4n) is 3.12. The van der Waals surface area contributed by atoms with Gasteiger partial charge in [0, 0.05) is 58.0 Å². The van der Waals surface area contributed by atoms with Gasteiger partial charge in [-0.3, -0.25) is 4.79 Å². The van der Waals surface area contributed by atoms with Crippen molar-refractivity contribution in [1.29, 1.82) is 0 Å². The zero-order valence-electron chi connectivity index (χ0n) is 13.6. The summed E-state index contributed by atoms with van der Waals surface area (Å²) in [4.78, 5) is 19.2. The van der Waals surface area contributed by atoms with Crippen molar-refractivity contribution >= 4 is 11.6 Å². The van der Waals surface area contributed by atoms with Crippen LogP contribution in [0.1, 0.15) is 29.6 Å². The third-order valence-electron chi connectivity index (χ3n) is 4.41. The minimum absolute atomic E-state index is 0.0281. The number of likely N-dealkylation sites (tertiary alicyclic amines) is 1. The van der Waals surface area contributed by atoms with E-state index in [1.807, 2.05) is 28.9 Å². The molecule has 6 heteroatoms. The molecule has 0 aromatic carbocycles. The maximum absolute atomic E-state index is 12.5. The van der Waals surface area contributed by atoms with Crippen LogP contribution in [0.25, 0.3) is 5.65 Å². The smallest absolute Gasteiger partial charge is 0.255 e. The van der Waals surface area contributed by atoms with Crippen molar-refractivity contribution in [2.24, 2.45) is 0 Å². The average Bonchev–Trinajstić information content (AvgIpc) is 3.05. The monoisotopic (exact) mass is 316 g/mol. The first-order chi connectivity index (χ1) is 11.3. The van der Waals surface area contributed by atoms with E-state index >= 15 is 0 Å². The molecule has 3 heterocycles. The molecule has 3 rings (SSSR count). The minimum Gasteiger partial charge on any atom is -0.385 e. The molecule has 1 fully saturated rings. The summed E-state index contributed by atoms with van der Waals surface area (Å²) >= 11 is 0. The van der Waals surface area contributed by atoms with Crippen LogP contribution in [0.15, 0.2) is 30.7 Å². The quantitative estimate of drug-likeness (QED) is 0.822. The number of nitrogens with zero attached hydrogens (tertiary/aromatic N) is 3. The maximum Gasteiger partial charge on any atom is 0.255 e. The number of pyridine rings is 1. The van der Waals surface area contributed by atoms with E-state index in [0.717, 1.165) is 45.5 Å². The van der Waals surface area contributed by atoms with E-state index < -0.39 is 0 Å². The van der Waals surface area contributed by atoms with Crippen LogP contribution in [0.2, 0.25) is 0 Å². The molecule has 0 bridgehead atoms. The second kappa shape index (κ2) is 7.57. The molecule has 0 unspecified atom stereocenters. The van der Waals surface area contributed by atoms with Crippen LogP contribution in [0, 0.1) is 0 Å². The molecule has 1 aliphatic heterocycles. The summed E-state index contributed by atoms with van der Waals surface area (Å²) in [5, 5.41) is 3.16. The molecule has 0 aliphatic carbocycles. The van der Waals surface area contributed by atoms with Gasteiger partial charge in [0.05, 0.1) is 5.56 Å². The van der Waals surface area contributed by atoms with Crippen LogP contribution < -0.4 is 5.32 Å². The second-order valence-electron chi connectivity index (χ2n) is 6.02. The zero-order chi connectivity index (χ0) is 16.1. The number of carbonyl (C=O) groups excluding carboxylic acids is 1. The Morgan fingerprint density at radius 1 is 1.39 bits per heavy atom. The highest BCUT2D eigenvalue weighted by molar-refractivity contribution is 5.99. The summed E-state index contributed by atoms with van der Waals surface area (Å²) in [6.07, 6.45) is 8.52. The molecule has 0 saturated carbocycles. The molecule has 124 valence electrons. The number of rotatable bonds is 6. The first-order valence-corrected chi connectivity index (χ1v) is 8.22. The number of methoxy groups -OCH3 is 1. The van der Waals surface area contributed by atoms with Gasteiger partial charge in [-0.15, -0.1) is 0 Å². The molecular formula is C17H24N4O2. The number of carbonyl (C=O) groups is 1. The number of hydrogen-bond donors (Lipinski definition) is 1. The Hall–Kier alpha value is -1.92. The van der Waals surface area contributed by atoms with Gasteiger partial charge in [0.2, 0.25) is 0 Å². The Balaban J connectivity index is 1.52. The van der Waals surface area contributed by atoms with Crippen molar-refractivity contribution in [3.63, 3.8) is 0 Å². The molecular weight excluding hydrogens is 292 g/mol. The third-order valence-corrected chi connectivity index (χ3v) is 4.41. The summed E-state index contributed by atoms with van der Waals surface area (Å²) in [6, 6.07) is 3.95. The number of ether oxygens (including phenoxy) is 1. The van der Waals surface area contributed by atoms with Crippen molar-refractivity contribution in [2.75, 3.05) is 33.4 Å². The van der Waals surface area contributed by atoms with Crippen LogP contribution in [0.5, 0.6) is 0 Å². The Morgan fingerprint density at radius 2 is 2.22 bits per heavy atom. The van der Waals surface area contributed by atoms with Gasteiger partial charge in [-0.2, -0.15) is 0 Å². The van der Waals surface area contributed by atoms with Crippen molar-refractivity contribution in [3.05, 3.63) is 36.3 Å². The van der Waals surface area contributed by atoms with Gasteiger partial charge in [0.25, 0.3) is 5.91 Å². The first kappa shape index (κ1) is 16.0. The topological polar surface area (TPSA) is 58.9 Å². The lowest BCUT2D eigenvalue weighted by Gasteiger charge is -2.32. The predicted octanol–water partition coefficient (Wildman–Crippen LogP) is 1.56. The molecule has 0 atom stereocenters. The fraction of sp³-hybridized carbons (Fsp3) is 0.529. The third kappa shape index (κ3) is 3.89. The summed E-state index contributed by atoms with van der Waals surface area (Å²) in [5.41, 5.74) is 1.35. The Kier molecular flexibility index (Phi) is 5.25. The standard InChI is InChI=1S/C17H24N4O2/c1-23-13-3-8-20-10-5-14(6-11-20)19-17(22)15-4-2-9-21-12-7-18-16(15)21/h2,4,7,9,12,14H,3,5-6,8,10-11,13H2,1H3,(H,19,22). The number of piperidine rings is 1. The number of nitrogens with one attached hydrogen (secondary N) is 1. The Bertz CT molecular complexity index is 647. The van der Waals surface area contributed by atoms with Gasteiger partial charge in [0.1, 0.15) is 5.65 Å². The largest absolute Gasteiger partial charge is 0.385 e. The summed E-state index contributed by atoms with van der Waals surface area (Å²) in [6.45, 7) is 3.94. The van der Waals surface area contributed by atoms with E-state index in [9.17, 15) is 4.79 Å². The molecule has 2 aromatic heterocycles. The SMILES string of the molecule is COCCCN1CCC(NC(=O)c2cccn3ccnc23)CC1. The zero-order valence-corrected chi connectivity index (χ0v) is 13.6. The Morgan fingerprint density at radius 3 is 3.00 bits per heavy atom. The molecule has 1 saturated heterocycles.